The zero-order valence-electron chi connectivity index (χ0n) is 11.8. The zero-order valence-corrected chi connectivity index (χ0v) is 11.8. The fraction of sp³-hybridized carbons (Fsp3) is 0.214. The summed E-state index contributed by atoms with van der Waals surface area (Å²) >= 11 is 0. The van der Waals surface area contributed by atoms with Crippen LogP contribution in [0.15, 0.2) is 35.1 Å². The second-order valence-electron chi connectivity index (χ2n) is 4.44. The maximum atomic E-state index is 12.1. The lowest BCUT2D eigenvalue weighted by Crippen LogP contribution is -2.31. The molecule has 1 amide bonds. The molecule has 1 heterocycles. The molecule has 0 saturated carbocycles. The summed E-state index contributed by atoms with van der Waals surface area (Å²) in [7, 11) is 1.44. The highest BCUT2D eigenvalue weighted by Gasteiger charge is 2.13. The molecule has 2 rings (SSSR count). The smallest absolute Gasteiger partial charge is 0.299 e. The van der Waals surface area contributed by atoms with Gasteiger partial charge in [-0.25, -0.2) is 10.8 Å². The Labute approximate surface area is 121 Å². The molecule has 1 aromatic carbocycles. The van der Waals surface area contributed by atoms with Crippen LogP contribution in [0.4, 0.5) is 0 Å². The van der Waals surface area contributed by atoms with Crippen LogP contribution in [-0.2, 0) is 6.54 Å². The molecular weight excluding hydrogens is 272 g/mol. The van der Waals surface area contributed by atoms with Gasteiger partial charge in [-0.15, -0.1) is 0 Å². The molecule has 0 spiro atoms. The van der Waals surface area contributed by atoms with Gasteiger partial charge in [0, 0.05) is 17.3 Å². The van der Waals surface area contributed by atoms with Gasteiger partial charge in [0.1, 0.15) is 0 Å². The normalized spacial score (nSPS) is 10.2. The summed E-state index contributed by atoms with van der Waals surface area (Å²) in [4.78, 5) is 28.0. The van der Waals surface area contributed by atoms with Crippen molar-refractivity contribution in [3.8, 4) is 6.01 Å². The average Bonchev–Trinajstić information content (AvgIpc) is 2.49. The predicted molar refractivity (Wildman–Crippen MR) is 77.0 cm³/mol. The number of ether oxygens (including phenoxy) is 1. The van der Waals surface area contributed by atoms with Crippen molar-refractivity contribution in [1.82, 2.24) is 15.0 Å². The molecule has 0 radical (unpaired) electrons. The van der Waals surface area contributed by atoms with Crippen LogP contribution in [0.3, 0.4) is 0 Å². The molecule has 21 heavy (non-hydrogen) atoms. The maximum absolute atomic E-state index is 12.1. The molecule has 110 valence electrons. The first kappa shape index (κ1) is 14.7. The molecule has 0 saturated heterocycles. The number of nitrogens with two attached hydrogens (primary N) is 1. The number of hydrazine groups is 1. The molecule has 0 bridgehead atoms. The Morgan fingerprint density at radius 1 is 1.43 bits per heavy atom. The SMILES string of the molecule is COc1nc(C)cc(=O)n1Cc1ccccc1C(=O)NN. The van der Waals surface area contributed by atoms with Crippen LogP contribution in [0.2, 0.25) is 0 Å². The standard InChI is InChI=1S/C14H16N4O3/c1-9-7-12(19)18(14(16-9)21-2)8-10-5-3-4-6-11(10)13(20)17-15/h3-7H,8,15H2,1-2H3,(H,17,20). The summed E-state index contributed by atoms with van der Waals surface area (Å²) < 4.78 is 6.49. The van der Waals surface area contributed by atoms with Crippen LogP contribution < -0.4 is 21.6 Å². The molecule has 7 heteroatoms. The number of methoxy groups -OCH3 is 1. The quantitative estimate of drug-likeness (QED) is 0.476. The van der Waals surface area contributed by atoms with Gasteiger partial charge in [-0.2, -0.15) is 0 Å². The third kappa shape index (κ3) is 3.09. The van der Waals surface area contributed by atoms with E-state index in [1.807, 2.05) is 0 Å². The monoisotopic (exact) mass is 288 g/mol. The number of nitrogen functional groups attached to an aromatic ring is 1. The second kappa shape index (κ2) is 6.19. The molecule has 3 N–H and O–H groups in total. The first-order chi connectivity index (χ1) is 10.1. The van der Waals surface area contributed by atoms with Crippen LogP contribution in [0.25, 0.3) is 0 Å². The van der Waals surface area contributed by atoms with Gasteiger partial charge in [-0.05, 0) is 18.6 Å². The lowest BCUT2D eigenvalue weighted by molar-refractivity contribution is 0.0952. The number of carbonyl (C=O) groups excluding carboxylic acids is 1. The fourth-order valence-electron chi connectivity index (χ4n) is 2.02. The molecule has 0 fully saturated rings. The fourth-order valence-corrected chi connectivity index (χ4v) is 2.02. The Hall–Kier alpha value is -2.67. The number of rotatable bonds is 4. The Morgan fingerprint density at radius 3 is 2.81 bits per heavy atom. The van der Waals surface area contributed by atoms with E-state index in [2.05, 4.69) is 10.4 Å². The average molecular weight is 288 g/mol. The van der Waals surface area contributed by atoms with Crippen molar-refractivity contribution in [2.24, 2.45) is 5.84 Å². The van der Waals surface area contributed by atoms with Crippen molar-refractivity contribution in [3.05, 3.63) is 57.5 Å². The summed E-state index contributed by atoms with van der Waals surface area (Å²) in [6.07, 6.45) is 0. The number of aromatic nitrogens is 2. The van der Waals surface area contributed by atoms with E-state index in [-0.39, 0.29) is 18.1 Å². The van der Waals surface area contributed by atoms with Crippen molar-refractivity contribution >= 4 is 5.91 Å². The van der Waals surface area contributed by atoms with Gasteiger partial charge in [0.2, 0.25) is 0 Å². The highest BCUT2D eigenvalue weighted by Crippen LogP contribution is 2.13. The highest BCUT2D eigenvalue weighted by molar-refractivity contribution is 5.95. The Kier molecular flexibility index (Phi) is 4.34. The molecule has 2 aromatic rings. The van der Waals surface area contributed by atoms with Gasteiger partial charge in [0.25, 0.3) is 17.5 Å². The van der Waals surface area contributed by atoms with E-state index in [1.54, 1.807) is 31.2 Å². The number of benzene rings is 1. The predicted octanol–water partition coefficient (Wildman–Crippen LogP) is 0.212. The number of nitrogens with zero attached hydrogens (tertiary/aromatic N) is 2. The molecule has 0 atom stereocenters. The largest absolute Gasteiger partial charge is 0.468 e. The first-order valence-electron chi connectivity index (χ1n) is 6.28. The minimum Gasteiger partial charge on any atom is -0.468 e. The highest BCUT2D eigenvalue weighted by atomic mass is 16.5. The molecule has 0 aliphatic carbocycles. The van der Waals surface area contributed by atoms with Gasteiger partial charge < -0.3 is 4.74 Å². The topological polar surface area (TPSA) is 99.2 Å². The minimum atomic E-state index is -0.419. The van der Waals surface area contributed by atoms with Crippen LogP contribution in [0.5, 0.6) is 6.01 Å². The van der Waals surface area contributed by atoms with E-state index in [9.17, 15) is 9.59 Å². The summed E-state index contributed by atoms with van der Waals surface area (Å²) in [5.74, 6) is 4.75. The molecule has 0 unspecified atom stereocenters. The van der Waals surface area contributed by atoms with Crippen LogP contribution in [-0.4, -0.2) is 22.6 Å². The van der Waals surface area contributed by atoms with E-state index >= 15 is 0 Å². The van der Waals surface area contributed by atoms with Crippen molar-refractivity contribution < 1.29 is 9.53 Å². The zero-order chi connectivity index (χ0) is 15.4. The van der Waals surface area contributed by atoms with E-state index in [0.717, 1.165) is 0 Å². The number of amides is 1. The minimum absolute atomic E-state index is 0.166. The lowest BCUT2D eigenvalue weighted by atomic mass is 10.1. The van der Waals surface area contributed by atoms with Crippen LogP contribution >= 0.6 is 0 Å². The van der Waals surface area contributed by atoms with Crippen molar-refractivity contribution in [2.75, 3.05) is 7.11 Å². The van der Waals surface area contributed by atoms with E-state index < -0.39 is 5.91 Å². The maximum Gasteiger partial charge on any atom is 0.299 e. The Balaban J connectivity index is 2.49. The van der Waals surface area contributed by atoms with Gasteiger partial charge >= 0.3 is 0 Å². The van der Waals surface area contributed by atoms with Gasteiger partial charge in [0.05, 0.1) is 13.7 Å². The molecular formula is C14H16N4O3. The number of hydrogen-bond donors (Lipinski definition) is 2. The molecule has 1 aromatic heterocycles. The lowest BCUT2D eigenvalue weighted by Gasteiger charge is -2.13. The molecule has 0 aliphatic rings. The van der Waals surface area contributed by atoms with Crippen molar-refractivity contribution in [2.45, 2.75) is 13.5 Å². The van der Waals surface area contributed by atoms with Gasteiger partial charge in [-0.1, -0.05) is 18.2 Å². The third-order valence-electron chi connectivity index (χ3n) is 3.01. The van der Waals surface area contributed by atoms with Crippen molar-refractivity contribution in [3.63, 3.8) is 0 Å². The number of nitrogens with one attached hydrogen (secondary N) is 1. The van der Waals surface area contributed by atoms with E-state index in [0.29, 0.717) is 16.8 Å². The van der Waals surface area contributed by atoms with E-state index in [1.165, 1.54) is 17.7 Å². The Bertz CT molecular complexity index is 724. The number of carbonyl (C=O) groups is 1. The summed E-state index contributed by atoms with van der Waals surface area (Å²) in [6, 6.07) is 8.49. The van der Waals surface area contributed by atoms with Crippen LogP contribution in [0.1, 0.15) is 21.6 Å². The second-order valence-corrected chi connectivity index (χ2v) is 4.44. The first-order valence-corrected chi connectivity index (χ1v) is 6.28. The van der Waals surface area contributed by atoms with Crippen LogP contribution in [0, 0.1) is 6.92 Å². The third-order valence-corrected chi connectivity index (χ3v) is 3.01. The molecule has 0 aliphatic heterocycles. The van der Waals surface area contributed by atoms with Crippen molar-refractivity contribution in [1.29, 1.82) is 0 Å². The number of aryl methyl sites for hydroxylation is 1. The van der Waals surface area contributed by atoms with Gasteiger partial charge in [0.15, 0.2) is 0 Å². The summed E-state index contributed by atoms with van der Waals surface area (Å²) in [5.41, 5.74) is 3.45. The Morgan fingerprint density at radius 2 is 2.14 bits per heavy atom. The summed E-state index contributed by atoms with van der Waals surface area (Å²) in [6.45, 7) is 1.88. The molecule has 7 nitrogen and oxygen atoms in total. The number of hydrogen-bond acceptors (Lipinski definition) is 5. The summed E-state index contributed by atoms with van der Waals surface area (Å²) in [5, 5.41) is 0. The van der Waals surface area contributed by atoms with E-state index in [4.69, 9.17) is 10.6 Å². The van der Waals surface area contributed by atoms with Gasteiger partial charge in [-0.3, -0.25) is 19.6 Å².